The highest BCUT2D eigenvalue weighted by atomic mass is 16.5. The van der Waals surface area contributed by atoms with Gasteiger partial charge in [-0.25, -0.2) is 0 Å². The van der Waals surface area contributed by atoms with Gasteiger partial charge < -0.3 is 15.6 Å². The van der Waals surface area contributed by atoms with E-state index in [1.165, 1.54) is 31.2 Å². The lowest BCUT2D eigenvalue weighted by Crippen LogP contribution is -2.52. The molecule has 1 aliphatic carbocycles. The van der Waals surface area contributed by atoms with Crippen molar-refractivity contribution in [2.45, 2.75) is 51.0 Å². The monoisotopic (exact) mass is 289 g/mol. The predicted octanol–water partition coefficient (Wildman–Crippen LogP) is 2.90. The smallest absolute Gasteiger partial charge is 0.122 e. The SMILES string of the molecule is NCC1(C(O)C2CCCCCC2)COc2ccccc2C1. The highest BCUT2D eigenvalue weighted by molar-refractivity contribution is 5.36. The maximum atomic E-state index is 11.0. The second kappa shape index (κ2) is 6.37. The van der Waals surface area contributed by atoms with Gasteiger partial charge in [0.2, 0.25) is 0 Å². The van der Waals surface area contributed by atoms with Gasteiger partial charge in [-0.2, -0.15) is 0 Å². The number of para-hydroxylation sites is 1. The number of ether oxygens (including phenoxy) is 1. The second-order valence-electron chi connectivity index (χ2n) is 6.84. The average Bonchev–Trinajstić information content (AvgIpc) is 2.82. The van der Waals surface area contributed by atoms with Gasteiger partial charge in [0, 0.05) is 12.0 Å². The van der Waals surface area contributed by atoms with Gasteiger partial charge in [0.1, 0.15) is 5.75 Å². The molecule has 0 spiro atoms. The molecule has 3 rings (SSSR count). The van der Waals surface area contributed by atoms with Crippen molar-refractivity contribution in [3.63, 3.8) is 0 Å². The highest BCUT2D eigenvalue weighted by Gasteiger charge is 2.44. The number of aliphatic hydroxyl groups is 1. The Morgan fingerprint density at radius 2 is 1.90 bits per heavy atom. The van der Waals surface area contributed by atoms with Gasteiger partial charge in [0.05, 0.1) is 12.7 Å². The van der Waals surface area contributed by atoms with Crippen LogP contribution in [0.4, 0.5) is 0 Å². The Labute approximate surface area is 127 Å². The number of hydrogen-bond donors (Lipinski definition) is 2. The Morgan fingerprint density at radius 1 is 1.19 bits per heavy atom. The van der Waals surface area contributed by atoms with Crippen molar-refractivity contribution in [1.29, 1.82) is 0 Å². The molecule has 3 N–H and O–H groups in total. The highest BCUT2D eigenvalue weighted by Crippen LogP contribution is 2.41. The minimum absolute atomic E-state index is 0.316. The molecule has 1 aromatic carbocycles. The molecule has 3 nitrogen and oxygen atoms in total. The molecule has 0 saturated heterocycles. The lowest BCUT2D eigenvalue weighted by Gasteiger charge is -2.43. The molecule has 2 aliphatic rings. The van der Waals surface area contributed by atoms with Gasteiger partial charge in [-0.15, -0.1) is 0 Å². The lowest BCUT2D eigenvalue weighted by atomic mass is 9.70. The summed E-state index contributed by atoms with van der Waals surface area (Å²) in [7, 11) is 0. The van der Waals surface area contributed by atoms with Crippen LogP contribution in [0.5, 0.6) is 5.75 Å². The Balaban J connectivity index is 1.80. The number of benzene rings is 1. The van der Waals surface area contributed by atoms with E-state index in [4.69, 9.17) is 10.5 Å². The maximum absolute atomic E-state index is 11.0. The molecule has 1 fully saturated rings. The zero-order valence-electron chi connectivity index (χ0n) is 12.8. The summed E-state index contributed by atoms with van der Waals surface area (Å²) in [6.07, 6.45) is 7.82. The number of nitrogens with two attached hydrogens (primary N) is 1. The Kier molecular flexibility index (Phi) is 4.51. The van der Waals surface area contributed by atoms with Crippen molar-refractivity contribution >= 4 is 0 Å². The van der Waals surface area contributed by atoms with Gasteiger partial charge in [-0.1, -0.05) is 43.9 Å². The van der Waals surface area contributed by atoms with Crippen LogP contribution in [0.15, 0.2) is 24.3 Å². The standard InChI is InChI=1S/C18H27NO2/c19-12-18(17(20)14-7-3-1-2-4-8-14)11-15-9-5-6-10-16(15)21-13-18/h5-6,9-10,14,17,20H,1-4,7-8,11-13,19H2. The minimum atomic E-state index is -0.353. The largest absolute Gasteiger partial charge is 0.493 e. The first-order chi connectivity index (χ1) is 10.2. The molecule has 2 unspecified atom stereocenters. The van der Waals surface area contributed by atoms with E-state index in [2.05, 4.69) is 6.07 Å². The molecule has 1 aromatic rings. The zero-order chi connectivity index (χ0) is 14.7. The molecule has 1 aliphatic heterocycles. The molecule has 0 aromatic heterocycles. The molecular weight excluding hydrogens is 262 g/mol. The summed E-state index contributed by atoms with van der Waals surface area (Å²) in [4.78, 5) is 0. The van der Waals surface area contributed by atoms with Crippen LogP contribution in [-0.2, 0) is 6.42 Å². The topological polar surface area (TPSA) is 55.5 Å². The minimum Gasteiger partial charge on any atom is -0.493 e. The quantitative estimate of drug-likeness (QED) is 0.841. The first kappa shape index (κ1) is 14.9. The van der Waals surface area contributed by atoms with E-state index in [1.54, 1.807) is 0 Å². The fourth-order valence-electron chi connectivity index (χ4n) is 4.01. The normalized spacial score (nSPS) is 28.3. The summed E-state index contributed by atoms with van der Waals surface area (Å²) < 4.78 is 5.93. The maximum Gasteiger partial charge on any atom is 0.122 e. The molecule has 21 heavy (non-hydrogen) atoms. The molecule has 0 amide bonds. The summed E-state index contributed by atoms with van der Waals surface area (Å²) in [5, 5.41) is 11.0. The second-order valence-corrected chi connectivity index (χ2v) is 6.84. The summed E-state index contributed by atoms with van der Waals surface area (Å²) in [5.41, 5.74) is 6.97. The Morgan fingerprint density at radius 3 is 2.62 bits per heavy atom. The number of hydrogen-bond acceptors (Lipinski definition) is 3. The molecule has 2 atom stereocenters. The molecule has 1 heterocycles. The van der Waals surface area contributed by atoms with Crippen molar-refractivity contribution < 1.29 is 9.84 Å². The Hall–Kier alpha value is -1.06. The first-order valence-corrected chi connectivity index (χ1v) is 8.34. The van der Waals surface area contributed by atoms with Gasteiger partial charge in [-0.05, 0) is 36.8 Å². The van der Waals surface area contributed by atoms with E-state index >= 15 is 0 Å². The summed E-state index contributed by atoms with van der Waals surface area (Å²) in [6.45, 7) is 1.02. The molecule has 0 bridgehead atoms. The molecule has 116 valence electrons. The van der Waals surface area contributed by atoms with Gasteiger partial charge >= 0.3 is 0 Å². The fourth-order valence-corrected chi connectivity index (χ4v) is 4.01. The van der Waals surface area contributed by atoms with Crippen molar-refractivity contribution in [3.8, 4) is 5.75 Å². The first-order valence-electron chi connectivity index (χ1n) is 8.34. The van der Waals surface area contributed by atoms with Crippen LogP contribution in [0.25, 0.3) is 0 Å². The third-order valence-corrected chi connectivity index (χ3v) is 5.41. The van der Waals surface area contributed by atoms with Crippen molar-refractivity contribution in [2.75, 3.05) is 13.2 Å². The number of fused-ring (bicyclic) bond motifs is 1. The number of rotatable bonds is 3. The van der Waals surface area contributed by atoms with E-state index in [0.29, 0.717) is 19.1 Å². The van der Waals surface area contributed by atoms with Crippen LogP contribution in [0.2, 0.25) is 0 Å². The van der Waals surface area contributed by atoms with Crippen molar-refractivity contribution in [1.82, 2.24) is 0 Å². The van der Waals surface area contributed by atoms with E-state index in [0.717, 1.165) is 25.0 Å². The number of aliphatic hydroxyl groups excluding tert-OH is 1. The van der Waals surface area contributed by atoms with Gasteiger partial charge in [0.15, 0.2) is 0 Å². The summed E-state index contributed by atoms with van der Waals surface area (Å²) >= 11 is 0. The van der Waals surface area contributed by atoms with Crippen LogP contribution in [0.3, 0.4) is 0 Å². The van der Waals surface area contributed by atoms with Crippen LogP contribution < -0.4 is 10.5 Å². The van der Waals surface area contributed by atoms with Crippen LogP contribution >= 0.6 is 0 Å². The average molecular weight is 289 g/mol. The van der Waals surface area contributed by atoms with Crippen molar-refractivity contribution in [3.05, 3.63) is 29.8 Å². The van der Waals surface area contributed by atoms with Gasteiger partial charge in [-0.3, -0.25) is 0 Å². The van der Waals surface area contributed by atoms with Crippen LogP contribution in [0.1, 0.15) is 44.1 Å². The van der Waals surface area contributed by atoms with Crippen molar-refractivity contribution in [2.24, 2.45) is 17.1 Å². The molecule has 0 radical (unpaired) electrons. The van der Waals surface area contributed by atoms with E-state index in [9.17, 15) is 5.11 Å². The molecule has 3 heteroatoms. The summed E-state index contributed by atoms with van der Waals surface area (Å²) in [6, 6.07) is 8.13. The van der Waals surface area contributed by atoms with Gasteiger partial charge in [0.25, 0.3) is 0 Å². The Bertz CT molecular complexity index is 468. The lowest BCUT2D eigenvalue weighted by molar-refractivity contribution is -0.0520. The van der Waals surface area contributed by atoms with Crippen LogP contribution in [-0.4, -0.2) is 24.4 Å². The predicted molar refractivity (Wildman–Crippen MR) is 84.3 cm³/mol. The van der Waals surface area contributed by atoms with Crippen LogP contribution in [0, 0.1) is 11.3 Å². The molecular formula is C18H27NO2. The third-order valence-electron chi connectivity index (χ3n) is 5.41. The van der Waals surface area contributed by atoms with E-state index in [-0.39, 0.29) is 11.5 Å². The fraction of sp³-hybridized carbons (Fsp3) is 0.667. The van der Waals surface area contributed by atoms with E-state index < -0.39 is 0 Å². The van der Waals surface area contributed by atoms with E-state index in [1.807, 2.05) is 18.2 Å². The zero-order valence-corrected chi connectivity index (χ0v) is 12.8. The summed E-state index contributed by atoms with van der Waals surface area (Å²) in [5.74, 6) is 1.33. The third kappa shape index (κ3) is 2.95. The molecule has 1 saturated carbocycles.